The fraction of sp³-hybridized carbons (Fsp3) is 0.107. The molecule has 0 spiro atoms. The minimum Gasteiger partial charge on any atom is -0.506 e. The smallest absolute Gasteiger partial charge is 0.344 e. The van der Waals surface area contributed by atoms with E-state index in [1.54, 1.807) is 79.7 Å². The molecular weight excluding hydrogens is 481 g/mol. The van der Waals surface area contributed by atoms with E-state index in [-0.39, 0.29) is 35.4 Å². The number of amides is 1. The van der Waals surface area contributed by atoms with Gasteiger partial charge in [-0.05, 0) is 60.5 Å². The zero-order valence-electron chi connectivity index (χ0n) is 19.3. The molecule has 0 aliphatic carbocycles. The maximum Gasteiger partial charge on any atom is 0.344 e. The van der Waals surface area contributed by atoms with Crippen LogP contribution in [0.2, 0.25) is 0 Å². The number of ether oxygens (including phenoxy) is 2. The summed E-state index contributed by atoms with van der Waals surface area (Å²) in [4.78, 5) is 29.6. The van der Waals surface area contributed by atoms with Crippen molar-refractivity contribution in [2.75, 3.05) is 6.61 Å². The van der Waals surface area contributed by atoms with E-state index in [4.69, 9.17) is 9.47 Å². The second kappa shape index (κ2) is 11.5. The van der Waals surface area contributed by atoms with Crippen molar-refractivity contribution in [3.8, 4) is 5.75 Å². The van der Waals surface area contributed by atoms with Gasteiger partial charge in [0.2, 0.25) is 0 Å². The number of aliphatic hydroxyl groups is 1. The topological polar surface area (TPSA) is 85.2 Å². The summed E-state index contributed by atoms with van der Waals surface area (Å²) < 4.78 is 24.1. The van der Waals surface area contributed by atoms with Crippen molar-refractivity contribution >= 4 is 34.8 Å². The van der Waals surface area contributed by atoms with Gasteiger partial charge in [0.25, 0.3) is 5.91 Å². The highest BCUT2D eigenvalue weighted by molar-refractivity contribution is 8.18. The summed E-state index contributed by atoms with van der Waals surface area (Å²) in [6.07, 6.45) is 1.67. The molecule has 36 heavy (non-hydrogen) atoms. The fourth-order valence-electron chi connectivity index (χ4n) is 3.33. The number of aliphatic hydroxyl groups excluding tert-OH is 1. The van der Waals surface area contributed by atoms with E-state index in [2.05, 4.69) is 4.99 Å². The van der Waals surface area contributed by atoms with Crippen molar-refractivity contribution in [2.45, 2.75) is 13.5 Å². The summed E-state index contributed by atoms with van der Waals surface area (Å²) in [6.45, 7) is 1.98. The van der Waals surface area contributed by atoms with Gasteiger partial charge in [0.1, 0.15) is 34.5 Å². The van der Waals surface area contributed by atoms with Gasteiger partial charge in [-0.1, -0.05) is 54.2 Å². The van der Waals surface area contributed by atoms with Crippen molar-refractivity contribution in [1.82, 2.24) is 0 Å². The molecule has 0 unspecified atom stereocenters. The minimum absolute atomic E-state index is 0.0705. The van der Waals surface area contributed by atoms with Crippen LogP contribution in [0.1, 0.15) is 28.4 Å². The molecule has 1 aliphatic heterocycles. The number of esters is 1. The Morgan fingerprint density at radius 3 is 2.47 bits per heavy atom. The Bertz CT molecular complexity index is 1360. The van der Waals surface area contributed by atoms with E-state index < -0.39 is 11.9 Å². The van der Waals surface area contributed by atoms with Gasteiger partial charge in [-0.2, -0.15) is 0 Å². The van der Waals surface area contributed by atoms with Crippen LogP contribution in [0, 0.1) is 5.82 Å². The molecule has 0 saturated carbocycles. The molecule has 0 fully saturated rings. The lowest BCUT2D eigenvalue weighted by Crippen LogP contribution is -2.14. The molecule has 4 rings (SSSR count). The molecule has 182 valence electrons. The standard InChI is InChI=1S/C28H22FNO5S/c1-2-34-28(33)24-25(31)23(36-27(24)30-26(32)20-8-4-3-5-9-20)16-18-11-13-22(14-12-18)35-17-19-7-6-10-21(29)15-19/h3-16,31H,2,17H2,1H3/b23-16-,30-27?. The maximum atomic E-state index is 13.3. The van der Waals surface area contributed by atoms with Gasteiger partial charge in [-0.15, -0.1) is 0 Å². The Morgan fingerprint density at radius 2 is 1.78 bits per heavy atom. The Kier molecular flexibility index (Phi) is 7.97. The Balaban J connectivity index is 1.54. The Labute approximate surface area is 211 Å². The third-order valence-corrected chi connectivity index (χ3v) is 6.09. The van der Waals surface area contributed by atoms with Crippen LogP contribution in [-0.2, 0) is 16.1 Å². The summed E-state index contributed by atoms with van der Waals surface area (Å²) in [7, 11) is 0. The van der Waals surface area contributed by atoms with E-state index in [1.165, 1.54) is 12.1 Å². The van der Waals surface area contributed by atoms with E-state index in [0.29, 0.717) is 21.8 Å². The van der Waals surface area contributed by atoms with Crippen LogP contribution in [0.25, 0.3) is 6.08 Å². The molecule has 1 aliphatic rings. The first-order chi connectivity index (χ1) is 17.4. The van der Waals surface area contributed by atoms with Gasteiger partial charge in [0.15, 0.2) is 0 Å². The molecule has 0 aromatic heterocycles. The van der Waals surface area contributed by atoms with Crippen molar-refractivity contribution in [3.05, 3.63) is 118 Å². The third-order valence-electron chi connectivity index (χ3n) is 5.07. The molecule has 0 bridgehead atoms. The van der Waals surface area contributed by atoms with E-state index >= 15 is 0 Å². The lowest BCUT2D eigenvalue weighted by atomic mass is 10.1. The fourth-order valence-corrected chi connectivity index (χ4v) is 4.35. The van der Waals surface area contributed by atoms with Gasteiger partial charge >= 0.3 is 5.97 Å². The van der Waals surface area contributed by atoms with Crippen LogP contribution in [0.15, 0.2) is 100 Å². The van der Waals surface area contributed by atoms with Crippen molar-refractivity contribution in [2.24, 2.45) is 4.99 Å². The number of benzene rings is 3. The summed E-state index contributed by atoms with van der Waals surface area (Å²) >= 11 is 1.01. The van der Waals surface area contributed by atoms with Crippen LogP contribution in [0.3, 0.4) is 0 Å². The molecule has 0 radical (unpaired) electrons. The lowest BCUT2D eigenvalue weighted by molar-refractivity contribution is -0.138. The molecule has 0 saturated heterocycles. The molecule has 3 aromatic rings. The summed E-state index contributed by atoms with van der Waals surface area (Å²) in [5.74, 6) is -1.33. The van der Waals surface area contributed by atoms with Crippen molar-refractivity contribution in [3.63, 3.8) is 0 Å². The molecule has 1 amide bonds. The van der Waals surface area contributed by atoms with E-state index in [9.17, 15) is 19.1 Å². The normalized spacial score (nSPS) is 15.4. The van der Waals surface area contributed by atoms with E-state index in [1.807, 2.05) is 0 Å². The van der Waals surface area contributed by atoms with Crippen LogP contribution in [0.4, 0.5) is 4.39 Å². The van der Waals surface area contributed by atoms with Gasteiger partial charge in [0.05, 0.1) is 11.5 Å². The first-order valence-corrected chi connectivity index (χ1v) is 11.9. The highest BCUT2D eigenvalue weighted by atomic mass is 32.2. The number of carbonyl (C=O) groups is 2. The van der Waals surface area contributed by atoms with Gasteiger partial charge in [0, 0.05) is 5.56 Å². The van der Waals surface area contributed by atoms with Crippen LogP contribution < -0.4 is 4.74 Å². The SMILES string of the molecule is CCOC(=O)C1=C(O)/C(=C/c2ccc(OCc3cccc(F)c3)cc2)SC1=NC(=O)c1ccccc1. The summed E-state index contributed by atoms with van der Waals surface area (Å²) in [6, 6.07) is 21.7. The first kappa shape index (κ1) is 24.9. The largest absolute Gasteiger partial charge is 0.506 e. The lowest BCUT2D eigenvalue weighted by Gasteiger charge is -2.07. The number of aliphatic imine (C=N–C) groups is 1. The molecule has 1 heterocycles. The van der Waals surface area contributed by atoms with Crippen molar-refractivity contribution in [1.29, 1.82) is 0 Å². The summed E-state index contributed by atoms with van der Waals surface area (Å²) in [5, 5.41) is 10.9. The van der Waals surface area contributed by atoms with Crippen molar-refractivity contribution < 1.29 is 28.6 Å². The molecule has 1 N–H and O–H groups in total. The Hall–Kier alpha value is -4.17. The summed E-state index contributed by atoms with van der Waals surface area (Å²) in [5.41, 5.74) is 1.65. The van der Waals surface area contributed by atoms with Crippen LogP contribution >= 0.6 is 11.8 Å². The second-order valence-corrected chi connectivity index (χ2v) is 8.66. The molecular formula is C28H22FNO5S. The zero-order chi connectivity index (χ0) is 25.5. The quantitative estimate of drug-likeness (QED) is 0.392. The maximum absolute atomic E-state index is 13.3. The van der Waals surface area contributed by atoms with Crippen LogP contribution in [0.5, 0.6) is 5.75 Å². The number of thioether (sulfide) groups is 1. The highest BCUT2D eigenvalue weighted by Crippen LogP contribution is 2.39. The molecule has 0 atom stereocenters. The van der Waals surface area contributed by atoms with E-state index in [0.717, 1.165) is 17.3 Å². The van der Waals surface area contributed by atoms with Gasteiger partial charge < -0.3 is 14.6 Å². The number of hydrogen-bond donors (Lipinski definition) is 1. The highest BCUT2D eigenvalue weighted by Gasteiger charge is 2.33. The number of rotatable bonds is 7. The molecule has 8 heteroatoms. The molecule has 3 aromatic carbocycles. The second-order valence-electron chi connectivity index (χ2n) is 7.63. The number of nitrogens with zero attached hydrogens (tertiary/aromatic N) is 1. The number of halogens is 1. The number of hydrogen-bond acceptors (Lipinski definition) is 6. The van der Waals surface area contributed by atoms with Gasteiger partial charge in [-0.25, -0.2) is 14.2 Å². The average molecular weight is 504 g/mol. The monoisotopic (exact) mass is 503 g/mol. The predicted octanol–water partition coefficient (Wildman–Crippen LogP) is 6.11. The van der Waals surface area contributed by atoms with Gasteiger partial charge in [-0.3, -0.25) is 4.79 Å². The van der Waals surface area contributed by atoms with Crippen LogP contribution in [-0.4, -0.2) is 28.6 Å². The minimum atomic E-state index is -0.758. The molecule has 6 nitrogen and oxygen atoms in total. The third kappa shape index (κ3) is 6.09. The predicted molar refractivity (Wildman–Crippen MR) is 137 cm³/mol. The average Bonchev–Trinajstić information content (AvgIpc) is 3.18. The number of carbonyl (C=O) groups excluding carboxylic acids is 2. The first-order valence-electron chi connectivity index (χ1n) is 11.1. The Morgan fingerprint density at radius 1 is 1.03 bits per heavy atom. The zero-order valence-corrected chi connectivity index (χ0v) is 20.1.